The number of hydrogen-bond acceptors (Lipinski definition) is 3. The molecular formula is C6H8N2O2S. The van der Waals surface area contributed by atoms with Gasteiger partial charge in [0.25, 0.3) is 0 Å². The Kier molecular flexibility index (Phi) is 4.76. The summed E-state index contributed by atoms with van der Waals surface area (Å²) in [7, 11) is 0. The molecule has 0 unspecified atom stereocenters. The Balaban J connectivity index is 0.000000218. The van der Waals surface area contributed by atoms with E-state index in [9.17, 15) is 4.79 Å². The van der Waals surface area contributed by atoms with Gasteiger partial charge in [0.15, 0.2) is 17.2 Å². The van der Waals surface area contributed by atoms with Crippen LogP contribution in [-0.2, 0) is 0 Å². The summed E-state index contributed by atoms with van der Waals surface area (Å²) in [6, 6.07) is 3.27. The lowest BCUT2D eigenvalue weighted by atomic mass is 10.5. The fourth-order valence-corrected chi connectivity index (χ4v) is 0.358. The highest BCUT2D eigenvalue weighted by atomic mass is 32.1. The van der Waals surface area contributed by atoms with Crippen LogP contribution in [0.3, 0.4) is 0 Å². The summed E-state index contributed by atoms with van der Waals surface area (Å²) in [6.07, 6.45) is 2.13. The molecule has 1 aromatic rings. The molecule has 0 radical (unpaired) electrons. The molecule has 0 bridgehead atoms. The number of nitrogens with two attached hydrogens (primary N) is 2. The van der Waals surface area contributed by atoms with Gasteiger partial charge in [-0.15, -0.1) is 0 Å². The standard InChI is InChI=1S/C5H4O2.CH4N2S/c6-4-5-2-1-3-7-5;2-1(3)4/h1-4H;(H4,2,3,4). The number of aldehydes is 1. The van der Waals surface area contributed by atoms with E-state index in [1.807, 2.05) is 0 Å². The predicted molar refractivity (Wildman–Crippen MR) is 45.1 cm³/mol. The Morgan fingerprint density at radius 2 is 2.18 bits per heavy atom. The minimum Gasteiger partial charge on any atom is -0.462 e. The highest BCUT2D eigenvalue weighted by Crippen LogP contribution is 1.92. The van der Waals surface area contributed by atoms with E-state index in [2.05, 4.69) is 28.1 Å². The predicted octanol–water partition coefficient (Wildman–Crippen LogP) is 0.281. The molecule has 1 rings (SSSR count). The van der Waals surface area contributed by atoms with Crippen LogP contribution in [0.5, 0.6) is 0 Å². The monoisotopic (exact) mass is 172 g/mol. The maximum absolute atomic E-state index is 9.77. The molecule has 1 aromatic heterocycles. The normalized spacial score (nSPS) is 7.64. The van der Waals surface area contributed by atoms with Crippen molar-refractivity contribution in [3.05, 3.63) is 24.2 Å². The van der Waals surface area contributed by atoms with Crippen LogP contribution in [0.1, 0.15) is 10.6 Å². The van der Waals surface area contributed by atoms with Crippen LogP contribution in [0.2, 0.25) is 0 Å². The molecule has 0 aliphatic carbocycles. The fraction of sp³-hybridized carbons (Fsp3) is 0. The molecule has 0 aliphatic rings. The molecule has 60 valence electrons. The molecule has 0 saturated carbocycles. The molecule has 0 aliphatic heterocycles. The average Bonchev–Trinajstić information content (AvgIpc) is 2.36. The van der Waals surface area contributed by atoms with E-state index < -0.39 is 0 Å². The zero-order valence-corrected chi connectivity index (χ0v) is 6.51. The van der Waals surface area contributed by atoms with Crippen molar-refractivity contribution in [3.8, 4) is 0 Å². The molecule has 4 nitrogen and oxygen atoms in total. The van der Waals surface area contributed by atoms with Crippen molar-refractivity contribution in [2.75, 3.05) is 0 Å². The number of carbonyl (C=O) groups excluding carboxylic acids is 1. The highest BCUT2D eigenvalue weighted by molar-refractivity contribution is 7.80. The first-order valence-electron chi connectivity index (χ1n) is 2.70. The Morgan fingerprint density at radius 1 is 1.64 bits per heavy atom. The summed E-state index contributed by atoms with van der Waals surface area (Å²) in [4.78, 5) is 9.77. The first-order valence-corrected chi connectivity index (χ1v) is 3.11. The smallest absolute Gasteiger partial charge is 0.185 e. The lowest BCUT2D eigenvalue weighted by Gasteiger charge is -1.68. The number of thiocarbonyl (C=S) groups is 1. The SMILES string of the molecule is NC(N)=S.O=Cc1ccco1. The third kappa shape index (κ3) is 6.53. The number of rotatable bonds is 1. The van der Waals surface area contributed by atoms with Crippen molar-refractivity contribution < 1.29 is 9.21 Å². The zero-order valence-electron chi connectivity index (χ0n) is 5.69. The van der Waals surface area contributed by atoms with Crippen LogP contribution in [-0.4, -0.2) is 11.4 Å². The second kappa shape index (κ2) is 5.43. The third-order valence-corrected chi connectivity index (χ3v) is 0.659. The molecule has 0 saturated heterocycles. The third-order valence-electron chi connectivity index (χ3n) is 0.659. The van der Waals surface area contributed by atoms with Gasteiger partial charge in [0.2, 0.25) is 0 Å². The average molecular weight is 172 g/mol. The number of carbonyl (C=O) groups is 1. The Morgan fingerprint density at radius 3 is 2.36 bits per heavy atom. The topological polar surface area (TPSA) is 82.2 Å². The quantitative estimate of drug-likeness (QED) is 0.469. The van der Waals surface area contributed by atoms with E-state index in [-0.39, 0.29) is 5.11 Å². The van der Waals surface area contributed by atoms with Gasteiger partial charge >= 0.3 is 0 Å². The second-order valence-corrected chi connectivity index (χ2v) is 2.01. The van der Waals surface area contributed by atoms with Gasteiger partial charge in [-0.1, -0.05) is 0 Å². The minimum atomic E-state index is 0.000000000000000222. The van der Waals surface area contributed by atoms with Crippen LogP contribution in [0, 0.1) is 0 Å². The summed E-state index contributed by atoms with van der Waals surface area (Å²) < 4.78 is 4.61. The van der Waals surface area contributed by atoms with Crippen molar-refractivity contribution in [2.45, 2.75) is 0 Å². The van der Waals surface area contributed by atoms with Crippen LogP contribution in [0.25, 0.3) is 0 Å². The van der Waals surface area contributed by atoms with E-state index >= 15 is 0 Å². The molecule has 0 amide bonds. The van der Waals surface area contributed by atoms with E-state index in [4.69, 9.17) is 0 Å². The Hall–Kier alpha value is -1.36. The number of furan rings is 1. The van der Waals surface area contributed by atoms with E-state index in [0.717, 1.165) is 0 Å². The molecule has 4 N–H and O–H groups in total. The summed E-state index contributed by atoms with van der Waals surface area (Å²) >= 11 is 4.09. The van der Waals surface area contributed by atoms with E-state index in [1.165, 1.54) is 6.26 Å². The van der Waals surface area contributed by atoms with Gasteiger partial charge in [-0.05, 0) is 24.4 Å². The summed E-state index contributed by atoms with van der Waals surface area (Å²) in [6.45, 7) is 0. The molecule has 11 heavy (non-hydrogen) atoms. The first kappa shape index (κ1) is 9.64. The van der Waals surface area contributed by atoms with Gasteiger partial charge in [0.1, 0.15) is 0 Å². The van der Waals surface area contributed by atoms with E-state index in [1.54, 1.807) is 12.1 Å². The van der Waals surface area contributed by atoms with Crippen molar-refractivity contribution in [1.82, 2.24) is 0 Å². The van der Waals surface area contributed by atoms with Crippen LogP contribution in [0.15, 0.2) is 22.8 Å². The fourth-order valence-electron chi connectivity index (χ4n) is 0.358. The molecule has 0 atom stereocenters. The van der Waals surface area contributed by atoms with Gasteiger partial charge in [-0.2, -0.15) is 0 Å². The molecule has 0 aromatic carbocycles. The van der Waals surface area contributed by atoms with Crippen LogP contribution in [0.4, 0.5) is 0 Å². The highest BCUT2D eigenvalue weighted by Gasteiger charge is 1.84. The van der Waals surface area contributed by atoms with Crippen molar-refractivity contribution in [3.63, 3.8) is 0 Å². The van der Waals surface area contributed by atoms with Crippen molar-refractivity contribution >= 4 is 23.6 Å². The molecule has 0 fully saturated rings. The Bertz CT molecular complexity index is 216. The maximum atomic E-state index is 9.77. The molecule has 1 heterocycles. The van der Waals surface area contributed by atoms with Crippen LogP contribution >= 0.6 is 12.2 Å². The van der Waals surface area contributed by atoms with Gasteiger partial charge in [0, 0.05) is 0 Å². The maximum Gasteiger partial charge on any atom is 0.185 e. The van der Waals surface area contributed by atoms with Gasteiger partial charge < -0.3 is 15.9 Å². The van der Waals surface area contributed by atoms with Gasteiger partial charge in [0.05, 0.1) is 6.26 Å². The molecular weight excluding hydrogens is 164 g/mol. The second-order valence-electron chi connectivity index (χ2n) is 1.54. The molecule has 0 spiro atoms. The van der Waals surface area contributed by atoms with Crippen molar-refractivity contribution in [1.29, 1.82) is 0 Å². The van der Waals surface area contributed by atoms with Gasteiger partial charge in [-0.3, -0.25) is 4.79 Å². The number of hydrogen-bond donors (Lipinski definition) is 2. The lowest BCUT2D eigenvalue weighted by molar-refractivity contribution is 0.110. The lowest BCUT2D eigenvalue weighted by Crippen LogP contribution is -2.18. The van der Waals surface area contributed by atoms with Gasteiger partial charge in [-0.25, -0.2) is 0 Å². The zero-order chi connectivity index (χ0) is 8.69. The molecule has 5 heteroatoms. The summed E-state index contributed by atoms with van der Waals surface area (Å²) in [5, 5.41) is 0.000000000000000222. The van der Waals surface area contributed by atoms with E-state index in [0.29, 0.717) is 12.0 Å². The van der Waals surface area contributed by atoms with Crippen molar-refractivity contribution in [2.24, 2.45) is 11.5 Å². The minimum absolute atomic E-state index is 0.000000000000000222. The summed E-state index contributed by atoms with van der Waals surface area (Å²) in [5.74, 6) is 0.375. The summed E-state index contributed by atoms with van der Waals surface area (Å²) in [5.41, 5.74) is 9.24. The Labute approximate surface area is 69.2 Å². The van der Waals surface area contributed by atoms with Crippen LogP contribution < -0.4 is 11.5 Å². The first-order chi connectivity index (χ1) is 5.16. The largest absolute Gasteiger partial charge is 0.462 e.